The van der Waals surface area contributed by atoms with Crippen LogP contribution in [-0.2, 0) is 4.57 Å². The quantitative estimate of drug-likeness (QED) is 0.371. The van der Waals surface area contributed by atoms with E-state index in [1.165, 1.54) is 25.7 Å². The largest absolute Gasteiger partial charge is 0.338 e. The van der Waals surface area contributed by atoms with Crippen molar-refractivity contribution in [1.29, 1.82) is 0 Å². The molecule has 0 fully saturated rings. The maximum Gasteiger partial charge on any atom is 0.338 e. The van der Waals surface area contributed by atoms with Gasteiger partial charge in [0, 0.05) is 0 Å². The van der Waals surface area contributed by atoms with E-state index >= 15 is 0 Å². The van der Waals surface area contributed by atoms with Crippen LogP contribution in [0.4, 0.5) is 0 Å². The predicted molar refractivity (Wildman–Crippen MR) is 74.7 cm³/mol. The van der Waals surface area contributed by atoms with Crippen molar-refractivity contribution in [1.82, 2.24) is 0 Å². The predicted octanol–water partition coefficient (Wildman–Crippen LogP) is 5.39. The van der Waals surface area contributed by atoms with E-state index < -0.39 is 7.80 Å². The number of hydrogen-bond acceptors (Lipinski definition) is 1. The van der Waals surface area contributed by atoms with E-state index in [1.807, 2.05) is 0 Å². The SMILES string of the molecule is CCCC=CC(CC)CCC[P+](=O)CCC. The summed E-state index contributed by atoms with van der Waals surface area (Å²) in [5.41, 5.74) is 0. The van der Waals surface area contributed by atoms with Crippen molar-refractivity contribution in [2.24, 2.45) is 5.92 Å². The molecule has 0 radical (unpaired) electrons. The van der Waals surface area contributed by atoms with Crippen LogP contribution in [0.3, 0.4) is 0 Å². The molecule has 0 aromatic carbocycles. The van der Waals surface area contributed by atoms with E-state index in [0.717, 1.165) is 25.2 Å². The summed E-state index contributed by atoms with van der Waals surface area (Å²) in [7, 11) is -0.906. The fourth-order valence-corrected chi connectivity index (χ4v) is 3.04. The van der Waals surface area contributed by atoms with Crippen molar-refractivity contribution >= 4 is 7.80 Å². The van der Waals surface area contributed by atoms with Gasteiger partial charge in [0.05, 0.1) is 0 Å². The molecule has 0 rings (SSSR count). The average Bonchev–Trinajstić information content (AvgIpc) is 2.27. The minimum atomic E-state index is -0.906. The summed E-state index contributed by atoms with van der Waals surface area (Å²) in [6.45, 7) is 6.56. The number of rotatable bonds is 10. The summed E-state index contributed by atoms with van der Waals surface area (Å²) in [5.74, 6) is 0.705. The molecule has 0 saturated heterocycles. The summed E-state index contributed by atoms with van der Waals surface area (Å²) in [5, 5.41) is 0. The number of hydrogen-bond donors (Lipinski definition) is 0. The van der Waals surface area contributed by atoms with Gasteiger partial charge < -0.3 is 0 Å². The van der Waals surface area contributed by atoms with E-state index in [9.17, 15) is 4.57 Å². The molecule has 2 unspecified atom stereocenters. The van der Waals surface area contributed by atoms with Crippen LogP contribution < -0.4 is 0 Å². The highest BCUT2D eigenvalue weighted by atomic mass is 31.1. The Balaban J connectivity index is 3.66. The van der Waals surface area contributed by atoms with Crippen LogP contribution >= 0.6 is 7.80 Å². The van der Waals surface area contributed by atoms with E-state index in [0.29, 0.717) is 5.92 Å². The van der Waals surface area contributed by atoms with Crippen LogP contribution in [0.2, 0.25) is 0 Å². The molecule has 0 amide bonds. The van der Waals surface area contributed by atoms with Gasteiger partial charge in [-0.1, -0.05) is 43.9 Å². The van der Waals surface area contributed by atoms with Crippen molar-refractivity contribution < 1.29 is 4.57 Å². The van der Waals surface area contributed by atoms with Crippen LogP contribution in [0.25, 0.3) is 0 Å². The molecule has 0 aliphatic heterocycles. The highest BCUT2D eigenvalue weighted by Gasteiger charge is 2.13. The lowest BCUT2D eigenvalue weighted by Gasteiger charge is -2.07. The topological polar surface area (TPSA) is 17.1 Å². The Bertz CT molecular complexity index is 199. The van der Waals surface area contributed by atoms with Gasteiger partial charge in [-0.25, -0.2) is 0 Å². The van der Waals surface area contributed by atoms with Crippen molar-refractivity contribution in [3.05, 3.63) is 12.2 Å². The van der Waals surface area contributed by atoms with Gasteiger partial charge in [0.2, 0.25) is 0 Å². The summed E-state index contributed by atoms with van der Waals surface area (Å²) < 4.78 is 11.5. The zero-order valence-electron chi connectivity index (χ0n) is 11.2. The first-order valence-electron chi connectivity index (χ1n) is 6.83. The second-order valence-corrected chi connectivity index (χ2v) is 6.31. The minimum absolute atomic E-state index is 0.705. The molecule has 16 heavy (non-hydrogen) atoms. The molecular formula is C14H28OP+. The van der Waals surface area contributed by atoms with E-state index in [-0.39, 0.29) is 0 Å². The average molecular weight is 243 g/mol. The van der Waals surface area contributed by atoms with Gasteiger partial charge in [-0.15, -0.1) is 0 Å². The lowest BCUT2D eigenvalue weighted by molar-refractivity contribution is 0.552. The van der Waals surface area contributed by atoms with Gasteiger partial charge in [-0.2, -0.15) is 0 Å². The Morgan fingerprint density at radius 2 is 1.88 bits per heavy atom. The summed E-state index contributed by atoms with van der Waals surface area (Å²) in [4.78, 5) is 0. The first-order chi connectivity index (χ1) is 7.74. The first kappa shape index (κ1) is 15.8. The van der Waals surface area contributed by atoms with Crippen LogP contribution in [0.15, 0.2) is 12.2 Å². The molecule has 1 nitrogen and oxygen atoms in total. The lowest BCUT2D eigenvalue weighted by Crippen LogP contribution is -1.96. The third-order valence-electron chi connectivity index (χ3n) is 2.84. The summed E-state index contributed by atoms with van der Waals surface area (Å²) in [6.07, 6.45) is 13.5. The normalized spacial score (nSPS) is 14.3. The molecule has 0 aromatic rings. The fourth-order valence-electron chi connectivity index (χ4n) is 1.78. The second kappa shape index (κ2) is 11.3. The van der Waals surface area contributed by atoms with Crippen molar-refractivity contribution in [3.8, 4) is 0 Å². The molecule has 0 saturated carbocycles. The fraction of sp³-hybridized carbons (Fsp3) is 0.857. The van der Waals surface area contributed by atoms with Gasteiger partial charge in [0.15, 0.2) is 0 Å². The van der Waals surface area contributed by atoms with Crippen LogP contribution in [0.5, 0.6) is 0 Å². The minimum Gasteiger partial charge on any atom is -0.0883 e. The van der Waals surface area contributed by atoms with Crippen molar-refractivity contribution in [2.45, 2.75) is 59.3 Å². The zero-order valence-corrected chi connectivity index (χ0v) is 12.1. The van der Waals surface area contributed by atoms with E-state index in [2.05, 4.69) is 32.9 Å². The van der Waals surface area contributed by atoms with Crippen LogP contribution in [-0.4, -0.2) is 12.3 Å². The Morgan fingerprint density at radius 1 is 1.12 bits per heavy atom. The molecule has 0 spiro atoms. The monoisotopic (exact) mass is 243 g/mol. The zero-order chi connectivity index (χ0) is 12.2. The van der Waals surface area contributed by atoms with Crippen molar-refractivity contribution in [3.63, 3.8) is 0 Å². The van der Waals surface area contributed by atoms with E-state index in [1.54, 1.807) is 0 Å². The molecule has 2 heteroatoms. The third kappa shape index (κ3) is 9.09. The molecule has 0 N–H and O–H groups in total. The number of allylic oxidation sites excluding steroid dienone is 2. The van der Waals surface area contributed by atoms with E-state index in [4.69, 9.17) is 0 Å². The van der Waals surface area contributed by atoms with Crippen LogP contribution in [0.1, 0.15) is 59.3 Å². The Morgan fingerprint density at radius 3 is 2.44 bits per heavy atom. The Hall–Kier alpha value is -0.160. The van der Waals surface area contributed by atoms with Gasteiger partial charge in [-0.05, 0) is 38.0 Å². The number of unbranched alkanes of at least 4 members (excludes halogenated alkanes) is 1. The van der Waals surface area contributed by atoms with Gasteiger partial charge in [-0.3, -0.25) is 0 Å². The Labute approximate surface area is 102 Å². The molecular weight excluding hydrogens is 215 g/mol. The molecule has 0 aromatic heterocycles. The molecule has 0 aliphatic rings. The summed E-state index contributed by atoms with van der Waals surface area (Å²) in [6, 6.07) is 0. The standard InChI is InChI=1S/C14H28OP/c1-4-7-8-10-14(6-3)11-9-13-16(15)12-5-2/h8,10,14H,4-7,9,11-13H2,1-3H3/q+1. The molecule has 0 aliphatic carbocycles. The third-order valence-corrected chi connectivity index (χ3v) is 4.60. The highest BCUT2D eigenvalue weighted by molar-refractivity contribution is 7.44. The Kier molecular flexibility index (Phi) is 11.2. The molecule has 0 heterocycles. The van der Waals surface area contributed by atoms with Gasteiger partial charge in [0.25, 0.3) is 0 Å². The first-order valence-corrected chi connectivity index (χ1v) is 8.46. The van der Waals surface area contributed by atoms with Gasteiger partial charge >= 0.3 is 7.80 Å². The maximum absolute atomic E-state index is 11.5. The highest BCUT2D eigenvalue weighted by Crippen LogP contribution is 2.25. The smallest absolute Gasteiger partial charge is 0.0883 e. The maximum atomic E-state index is 11.5. The second-order valence-electron chi connectivity index (χ2n) is 4.46. The summed E-state index contributed by atoms with van der Waals surface area (Å²) >= 11 is 0. The molecule has 94 valence electrons. The lowest BCUT2D eigenvalue weighted by atomic mass is 10.00. The van der Waals surface area contributed by atoms with Gasteiger partial charge in [0.1, 0.15) is 12.3 Å². The molecule has 2 atom stereocenters. The van der Waals surface area contributed by atoms with Crippen LogP contribution in [0, 0.1) is 5.92 Å². The van der Waals surface area contributed by atoms with Crippen molar-refractivity contribution in [2.75, 3.05) is 12.3 Å². The molecule has 0 bridgehead atoms.